The van der Waals surface area contributed by atoms with Gasteiger partial charge >= 0.3 is 0 Å². The van der Waals surface area contributed by atoms with Gasteiger partial charge < -0.3 is 10.1 Å². The quantitative estimate of drug-likeness (QED) is 0.852. The maximum atomic E-state index is 6.04. The highest BCUT2D eigenvalue weighted by atomic mass is 35.5. The molecule has 0 spiro atoms. The van der Waals surface area contributed by atoms with Gasteiger partial charge in [0.25, 0.3) is 0 Å². The molecule has 0 radical (unpaired) electrons. The van der Waals surface area contributed by atoms with Crippen LogP contribution in [0.1, 0.15) is 30.8 Å². The van der Waals surface area contributed by atoms with Gasteiger partial charge in [-0.2, -0.15) is 5.10 Å². The first-order valence-electron chi connectivity index (χ1n) is 7.29. The zero-order valence-electron chi connectivity index (χ0n) is 12.8. The number of hydrogen-bond donors (Lipinski definition) is 1. The van der Waals surface area contributed by atoms with E-state index in [9.17, 15) is 0 Å². The van der Waals surface area contributed by atoms with Crippen LogP contribution in [0.3, 0.4) is 0 Å². The molecule has 1 aromatic heterocycles. The molecule has 0 aliphatic rings. The average molecular weight is 308 g/mol. The zero-order chi connectivity index (χ0) is 15.2. The average Bonchev–Trinajstić information content (AvgIpc) is 2.89. The Labute approximate surface area is 131 Å². The van der Waals surface area contributed by atoms with Crippen molar-refractivity contribution in [1.29, 1.82) is 0 Å². The molecule has 2 aromatic rings. The predicted octanol–water partition coefficient (Wildman–Crippen LogP) is 3.42. The Balaban J connectivity index is 2.14. The SMILES string of the molecule is CCc1cc(COc2ccc(Cl)cc2CNC)n(CC)n1. The minimum absolute atomic E-state index is 0.513. The van der Waals surface area contributed by atoms with Crippen LogP contribution in [0.25, 0.3) is 0 Å². The summed E-state index contributed by atoms with van der Waals surface area (Å²) in [4.78, 5) is 0. The Morgan fingerprint density at radius 3 is 2.76 bits per heavy atom. The van der Waals surface area contributed by atoms with Crippen LogP contribution in [-0.2, 0) is 26.1 Å². The summed E-state index contributed by atoms with van der Waals surface area (Å²) in [6, 6.07) is 7.81. The third kappa shape index (κ3) is 3.99. The third-order valence-corrected chi connectivity index (χ3v) is 3.58. The largest absolute Gasteiger partial charge is 0.487 e. The lowest BCUT2D eigenvalue weighted by molar-refractivity contribution is 0.289. The molecule has 1 N–H and O–H groups in total. The van der Waals surface area contributed by atoms with Crippen molar-refractivity contribution >= 4 is 11.6 Å². The molecule has 0 amide bonds. The molecule has 5 heteroatoms. The summed E-state index contributed by atoms with van der Waals surface area (Å²) in [5.74, 6) is 0.857. The van der Waals surface area contributed by atoms with Crippen LogP contribution in [0.2, 0.25) is 5.02 Å². The lowest BCUT2D eigenvalue weighted by atomic mass is 10.2. The normalized spacial score (nSPS) is 10.9. The molecule has 0 aliphatic carbocycles. The van der Waals surface area contributed by atoms with Crippen molar-refractivity contribution in [1.82, 2.24) is 15.1 Å². The van der Waals surface area contributed by atoms with E-state index < -0.39 is 0 Å². The molecule has 0 unspecified atom stereocenters. The molecular weight excluding hydrogens is 286 g/mol. The van der Waals surface area contributed by atoms with Crippen LogP contribution in [0.4, 0.5) is 0 Å². The van der Waals surface area contributed by atoms with Crippen molar-refractivity contribution in [2.24, 2.45) is 0 Å². The molecule has 114 valence electrons. The van der Waals surface area contributed by atoms with Gasteiger partial charge in [-0.1, -0.05) is 18.5 Å². The number of aryl methyl sites for hydroxylation is 2. The van der Waals surface area contributed by atoms with Gasteiger partial charge in [0.2, 0.25) is 0 Å². The van der Waals surface area contributed by atoms with Crippen molar-refractivity contribution in [2.75, 3.05) is 7.05 Å². The van der Waals surface area contributed by atoms with Gasteiger partial charge in [0, 0.05) is 23.7 Å². The van der Waals surface area contributed by atoms with Crippen LogP contribution < -0.4 is 10.1 Å². The van der Waals surface area contributed by atoms with Gasteiger partial charge in [-0.15, -0.1) is 0 Å². The van der Waals surface area contributed by atoms with E-state index in [1.165, 1.54) is 0 Å². The highest BCUT2D eigenvalue weighted by Crippen LogP contribution is 2.24. The van der Waals surface area contributed by atoms with E-state index in [0.717, 1.165) is 47.2 Å². The summed E-state index contributed by atoms with van der Waals surface area (Å²) in [6.07, 6.45) is 0.936. The minimum Gasteiger partial charge on any atom is -0.487 e. The second-order valence-corrected chi connectivity index (χ2v) is 5.30. The number of benzene rings is 1. The number of aromatic nitrogens is 2. The molecule has 21 heavy (non-hydrogen) atoms. The highest BCUT2D eigenvalue weighted by Gasteiger charge is 2.09. The van der Waals surface area contributed by atoms with Gasteiger partial charge in [0.15, 0.2) is 0 Å². The van der Waals surface area contributed by atoms with Crippen molar-refractivity contribution in [3.8, 4) is 5.75 Å². The smallest absolute Gasteiger partial charge is 0.130 e. The maximum Gasteiger partial charge on any atom is 0.130 e. The van der Waals surface area contributed by atoms with E-state index >= 15 is 0 Å². The number of ether oxygens (including phenoxy) is 1. The summed E-state index contributed by atoms with van der Waals surface area (Å²) in [7, 11) is 1.91. The maximum absolute atomic E-state index is 6.04. The molecule has 1 heterocycles. The van der Waals surface area contributed by atoms with Crippen molar-refractivity contribution in [2.45, 2.75) is 40.0 Å². The fourth-order valence-electron chi connectivity index (χ4n) is 2.25. The molecule has 4 nitrogen and oxygen atoms in total. The van der Waals surface area contributed by atoms with Gasteiger partial charge in [0.05, 0.1) is 11.4 Å². The Kier molecular flexibility index (Phi) is 5.65. The van der Waals surface area contributed by atoms with Crippen LogP contribution >= 0.6 is 11.6 Å². The molecule has 2 rings (SSSR count). The first kappa shape index (κ1) is 15.9. The zero-order valence-corrected chi connectivity index (χ0v) is 13.6. The van der Waals surface area contributed by atoms with Crippen LogP contribution in [0, 0.1) is 0 Å². The summed E-state index contributed by atoms with van der Waals surface area (Å²) >= 11 is 6.04. The summed E-state index contributed by atoms with van der Waals surface area (Å²) in [5.41, 5.74) is 3.25. The van der Waals surface area contributed by atoms with Crippen LogP contribution in [0.5, 0.6) is 5.75 Å². The first-order chi connectivity index (χ1) is 10.2. The van der Waals surface area contributed by atoms with E-state index in [1.807, 2.05) is 29.9 Å². The number of halogens is 1. The highest BCUT2D eigenvalue weighted by molar-refractivity contribution is 6.30. The molecule has 0 fully saturated rings. The second-order valence-electron chi connectivity index (χ2n) is 4.87. The molecule has 0 aliphatic heterocycles. The lowest BCUT2D eigenvalue weighted by Gasteiger charge is -2.12. The lowest BCUT2D eigenvalue weighted by Crippen LogP contribution is -2.09. The fourth-order valence-corrected chi connectivity index (χ4v) is 2.44. The standard InChI is InChI=1S/C16H22ClN3O/c1-4-14-9-15(20(5-2)19-14)11-21-16-7-6-13(17)8-12(16)10-18-3/h6-9,18H,4-5,10-11H2,1-3H3. The van der Waals surface area contributed by atoms with E-state index in [-0.39, 0.29) is 0 Å². The van der Waals surface area contributed by atoms with E-state index in [0.29, 0.717) is 6.61 Å². The molecule has 0 saturated carbocycles. The number of hydrogen-bond acceptors (Lipinski definition) is 3. The third-order valence-electron chi connectivity index (χ3n) is 3.34. The Morgan fingerprint density at radius 1 is 1.29 bits per heavy atom. The molecular formula is C16H22ClN3O. The Bertz CT molecular complexity index is 595. The monoisotopic (exact) mass is 307 g/mol. The summed E-state index contributed by atoms with van der Waals surface area (Å²) in [5, 5.41) is 8.39. The number of rotatable bonds is 7. The molecule has 0 saturated heterocycles. The van der Waals surface area contributed by atoms with Gasteiger partial charge in [0.1, 0.15) is 12.4 Å². The molecule has 0 atom stereocenters. The van der Waals surface area contributed by atoms with E-state index in [1.54, 1.807) is 0 Å². The van der Waals surface area contributed by atoms with E-state index in [4.69, 9.17) is 16.3 Å². The second kappa shape index (κ2) is 7.48. The molecule has 0 bridgehead atoms. The first-order valence-corrected chi connectivity index (χ1v) is 7.67. The molecule has 1 aromatic carbocycles. The van der Waals surface area contributed by atoms with Crippen molar-refractivity contribution in [3.05, 3.63) is 46.2 Å². The number of nitrogens with zero attached hydrogens (tertiary/aromatic N) is 2. The van der Waals surface area contributed by atoms with Gasteiger partial charge in [-0.25, -0.2) is 0 Å². The minimum atomic E-state index is 0.513. The topological polar surface area (TPSA) is 39.1 Å². The van der Waals surface area contributed by atoms with E-state index in [2.05, 4.69) is 30.3 Å². The van der Waals surface area contributed by atoms with Gasteiger partial charge in [-0.05, 0) is 44.7 Å². The number of nitrogens with one attached hydrogen (secondary N) is 1. The van der Waals surface area contributed by atoms with Crippen molar-refractivity contribution < 1.29 is 4.74 Å². The summed E-state index contributed by atoms with van der Waals surface area (Å²) in [6.45, 7) is 6.28. The van der Waals surface area contributed by atoms with Gasteiger partial charge in [-0.3, -0.25) is 4.68 Å². The Hall–Kier alpha value is -1.52. The Morgan fingerprint density at radius 2 is 2.10 bits per heavy atom. The summed E-state index contributed by atoms with van der Waals surface area (Å²) < 4.78 is 7.96. The van der Waals surface area contributed by atoms with Crippen LogP contribution in [-0.4, -0.2) is 16.8 Å². The predicted molar refractivity (Wildman–Crippen MR) is 85.8 cm³/mol. The van der Waals surface area contributed by atoms with Crippen LogP contribution in [0.15, 0.2) is 24.3 Å². The van der Waals surface area contributed by atoms with Crippen molar-refractivity contribution in [3.63, 3.8) is 0 Å². The fraction of sp³-hybridized carbons (Fsp3) is 0.438.